The quantitative estimate of drug-likeness (QED) is 0.680. The molecule has 2 nitrogen and oxygen atoms in total. The van der Waals surface area contributed by atoms with Crippen LogP contribution < -0.4 is 5.32 Å². The average molecular weight is 385 g/mol. The Morgan fingerprint density at radius 2 is 1.80 bits per heavy atom. The predicted molar refractivity (Wildman–Crippen MR) is 96.8 cm³/mol. The second-order valence-electron chi connectivity index (χ2n) is 5.46. The van der Waals surface area contributed by atoms with E-state index in [1.165, 1.54) is 6.07 Å². The van der Waals surface area contributed by atoms with E-state index in [9.17, 15) is 13.2 Å². The van der Waals surface area contributed by atoms with Crippen LogP contribution in [0.5, 0.6) is 0 Å². The molecule has 0 aromatic heterocycles. The number of hydrogen-bond acceptors (Lipinski definition) is 2. The molecule has 1 heterocycles. The van der Waals surface area contributed by atoms with E-state index in [-0.39, 0.29) is 0 Å². The molecule has 1 aliphatic rings. The van der Waals surface area contributed by atoms with Crippen LogP contribution in [0.15, 0.2) is 47.5 Å². The van der Waals surface area contributed by atoms with Gasteiger partial charge in [-0.2, -0.15) is 13.2 Å². The first-order valence-electron chi connectivity index (χ1n) is 7.48. The van der Waals surface area contributed by atoms with E-state index in [0.29, 0.717) is 40.1 Å². The van der Waals surface area contributed by atoms with Crippen LogP contribution in [-0.2, 0) is 6.18 Å². The molecule has 0 fully saturated rings. The largest absolute Gasteiger partial charge is 0.416 e. The second-order valence-corrected chi connectivity index (χ2v) is 6.27. The first-order chi connectivity index (χ1) is 11.8. The molecule has 2 aromatic rings. The van der Waals surface area contributed by atoms with Crippen LogP contribution >= 0.6 is 23.2 Å². The summed E-state index contributed by atoms with van der Waals surface area (Å²) in [6.07, 6.45) is -0.970. The highest BCUT2D eigenvalue weighted by Crippen LogP contribution is 2.33. The summed E-state index contributed by atoms with van der Waals surface area (Å²) >= 11 is 11.9. The van der Waals surface area contributed by atoms with Crippen molar-refractivity contribution < 1.29 is 13.2 Å². The molecular weight excluding hydrogens is 372 g/mol. The van der Waals surface area contributed by atoms with Gasteiger partial charge in [0.2, 0.25) is 0 Å². The third kappa shape index (κ3) is 4.17. The van der Waals surface area contributed by atoms with Crippen molar-refractivity contribution in [3.8, 4) is 0 Å². The summed E-state index contributed by atoms with van der Waals surface area (Å²) in [7, 11) is 0. The Kier molecular flexibility index (Phi) is 5.06. The minimum Gasteiger partial charge on any atom is -0.383 e. The highest BCUT2D eigenvalue weighted by Gasteiger charge is 2.31. The molecule has 7 heteroatoms. The van der Waals surface area contributed by atoms with Crippen molar-refractivity contribution in [2.45, 2.75) is 6.18 Å². The topological polar surface area (TPSA) is 24.4 Å². The van der Waals surface area contributed by atoms with Crippen LogP contribution in [0.3, 0.4) is 0 Å². The van der Waals surface area contributed by atoms with Crippen LogP contribution in [0, 0.1) is 0 Å². The molecule has 0 unspecified atom stereocenters. The molecule has 130 valence electrons. The number of nitrogens with zero attached hydrogens (tertiary/aromatic N) is 1. The Balaban J connectivity index is 1.98. The number of rotatable bonds is 2. The van der Waals surface area contributed by atoms with Crippen molar-refractivity contribution in [3.63, 3.8) is 0 Å². The Morgan fingerprint density at radius 3 is 2.52 bits per heavy atom. The van der Waals surface area contributed by atoms with Gasteiger partial charge in [0.05, 0.1) is 27.9 Å². The van der Waals surface area contributed by atoms with E-state index < -0.39 is 11.7 Å². The minimum atomic E-state index is -4.40. The van der Waals surface area contributed by atoms with E-state index in [4.69, 9.17) is 23.2 Å². The second kappa shape index (κ2) is 7.10. The van der Waals surface area contributed by atoms with E-state index in [2.05, 4.69) is 10.3 Å². The number of benzodiazepines with no additional fused rings is 1. The van der Waals surface area contributed by atoms with Gasteiger partial charge in [-0.05, 0) is 42.0 Å². The number of anilines is 1. The highest BCUT2D eigenvalue weighted by atomic mass is 35.5. The fourth-order valence-corrected chi connectivity index (χ4v) is 2.78. The Morgan fingerprint density at radius 1 is 1.00 bits per heavy atom. The zero-order valence-corrected chi connectivity index (χ0v) is 14.4. The number of fused-ring (bicyclic) bond motifs is 1. The maximum Gasteiger partial charge on any atom is 0.416 e. The third-order valence-corrected chi connectivity index (χ3v) is 4.45. The lowest BCUT2D eigenvalue weighted by molar-refractivity contribution is -0.137. The van der Waals surface area contributed by atoms with Crippen LogP contribution in [0.25, 0.3) is 6.08 Å². The molecule has 2 aromatic carbocycles. The maximum atomic E-state index is 13.0. The van der Waals surface area contributed by atoms with E-state index in [0.717, 1.165) is 17.7 Å². The average Bonchev–Trinajstić information content (AvgIpc) is 2.77. The minimum absolute atomic E-state index is 0.410. The zero-order chi connectivity index (χ0) is 18.0. The van der Waals surface area contributed by atoms with E-state index in [1.54, 1.807) is 30.4 Å². The van der Waals surface area contributed by atoms with Gasteiger partial charge in [0.15, 0.2) is 0 Å². The number of allylic oxidation sites excluding steroid dienone is 1. The number of halogens is 5. The van der Waals surface area contributed by atoms with Crippen LogP contribution in [0.4, 0.5) is 18.9 Å². The highest BCUT2D eigenvalue weighted by molar-refractivity contribution is 6.42. The van der Waals surface area contributed by atoms with Crippen LogP contribution in [0.2, 0.25) is 10.0 Å². The normalized spacial score (nSPS) is 14.7. The molecule has 1 N–H and O–H groups in total. The molecule has 25 heavy (non-hydrogen) atoms. The number of nitrogens with one attached hydrogen (secondary N) is 1. The summed E-state index contributed by atoms with van der Waals surface area (Å²) in [6, 6.07) is 8.74. The molecule has 0 bridgehead atoms. The van der Waals surface area contributed by atoms with E-state index in [1.807, 2.05) is 0 Å². The fourth-order valence-electron chi connectivity index (χ4n) is 2.47. The first-order valence-corrected chi connectivity index (χ1v) is 8.23. The summed E-state index contributed by atoms with van der Waals surface area (Å²) in [5.41, 5.74) is 1.61. The van der Waals surface area contributed by atoms with Gasteiger partial charge in [-0.25, -0.2) is 0 Å². The van der Waals surface area contributed by atoms with Gasteiger partial charge < -0.3 is 5.32 Å². The number of benzene rings is 2. The monoisotopic (exact) mass is 384 g/mol. The third-order valence-electron chi connectivity index (χ3n) is 3.71. The molecule has 0 atom stereocenters. The van der Waals surface area contributed by atoms with E-state index >= 15 is 0 Å². The van der Waals surface area contributed by atoms with Gasteiger partial charge >= 0.3 is 6.18 Å². The lowest BCUT2D eigenvalue weighted by atomic mass is 10.0. The first kappa shape index (κ1) is 17.8. The van der Waals surface area contributed by atoms with Gasteiger partial charge in [0, 0.05) is 17.8 Å². The van der Waals surface area contributed by atoms with Crippen molar-refractivity contribution in [1.82, 2.24) is 0 Å². The molecule has 0 spiro atoms. The molecule has 0 saturated carbocycles. The predicted octanol–water partition coefficient (Wildman–Crippen LogP) is 5.94. The Bertz CT molecular complexity index is 858. The van der Waals surface area contributed by atoms with Crippen LogP contribution in [-0.4, -0.2) is 18.8 Å². The van der Waals surface area contributed by atoms with Gasteiger partial charge in [0.25, 0.3) is 0 Å². The number of hydrogen-bond donors (Lipinski definition) is 1. The molecule has 3 rings (SSSR count). The van der Waals surface area contributed by atoms with Gasteiger partial charge in [-0.15, -0.1) is 0 Å². The lowest BCUT2D eigenvalue weighted by Crippen LogP contribution is -2.09. The summed E-state index contributed by atoms with van der Waals surface area (Å²) < 4.78 is 39.0. The molecular formula is C18H13Cl2F3N2. The van der Waals surface area contributed by atoms with Gasteiger partial charge in [-0.1, -0.05) is 35.3 Å². The SMILES string of the molecule is FC(F)(F)c1ccc2c(c1)C(/C=C/c1ccc(Cl)c(Cl)c1)=NCCN2. The smallest absolute Gasteiger partial charge is 0.383 e. The fraction of sp³-hybridized carbons (Fsp3) is 0.167. The molecule has 0 saturated heterocycles. The molecule has 0 radical (unpaired) electrons. The van der Waals surface area contributed by atoms with Gasteiger partial charge in [0.1, 0.15) is 0 Å². The Hall–Kier alpha value is -1.98. The number of alkyl halides is 3. The van der Waals surface area contributed by atoms with Crippen molar-refractivity contribution in [3.05, 3.63) is 69.2 Å². The van der Waals surface area contributed by atoms with Crippen molar-refractivity contribution in [1.29, 1.82) is 0 Å². The number of aliphatic imine (C=N–C) groups is 1. The standard InChI is InChI=1S/C18H13Cl2F3N2/c19-14-4-1-11(9-15(14)20)2-5-16-13-10-12(18(21,22)23)3-6-17(13)25-8-7-24-16/h1-6,9-10,25H,7-8H2/b5-2+. The Labute approximate surface area is 153 Å². The van der Waals surface area contributed by atoms with Crippen molar-refractivity contribution in [2.24, 2.45) is 4.99 Å². The maximum absolute atomic E-state index is 13.0. The van der Waals surface area contributed by atoms with Crippen molar-refractivity contribution >= 4 is 40.7 Å². The lowest BCUT2D eigenvalue weighted by Gasteiger charge is -2.12. The molecule has 0 amide bonds. The summed E-state index contributed by atoms with van der Waals surface area (Å²) in [4.78, 5) is 4.38. The van der Waals surface area contributed by atoms with Gasteiger partial charge in [-0.3, -0.25) is 4.99 Å². The zero-order valence-electron chi connectivity index (χ0n) is 12.9. The summed E-state index contributed by atoms with van der Waals surface area (Å²) in [6.45, 7) is 1.03. The summed E-state index contributed by atoms with van der Waals surface area (Å²) in [5.74, 6) is 0. The summed E-state index contributed by atoms with van der Waals surface area (Å²) in [5, 5.41) is 3.94. The van der Waals surface area contributed by atoms with Crippen LogP contribution in [0.1, 0.15) is 16.7 Å². The molecule has 1 aliphatic heterocycles. The molecule has 0 aliphatic carbocycles. The van der Waals surface area contributed by atoms with Crippen molar-refractivity contribution in [2.75, 3.05) is 18.4 Å².